The van der Waals surface area contributed by atoms with E-state index in [-0.39, 0.29) is 24.0 Å². The van der Waals surface area contributed by atoms with Crippen molar-refractivity contribution in [3.8, 4) is 0 Å². The highest BCUT2D eigenvalue weighted by Gasteiger charge is 2.26. The van der Waals surface area contributed by atoms with Crippen LogP contribution in [0.2, 0.25) is 0 Å². The number of rotatable bonds is 11. The smallest absolute Gasteiger partial charge is 0.303 e. The maximum Gasteiger partial charge on any atom is 0.303 e. The molecule has 0 amide bonds. The first-order chi connectivity index (χ1) is 10.5. The van der Waals surface area contributed by atoms with Gasteiger partial charge in [-0.1, -0.05) is 50.8 Å². The Hall–Kier alpha value is -1.42. The molecule has 0 saturated heterocycles. The second-order valence-corrected chi connectivity index (χ2v) is 6.01. The molecule has 0 aromatic heterocycles. The molecule has 1 aliphatic carbocycles. The summed E-state index contributed by atoms with van der Waals surface area (Å²) in [5, 5.41) is 18.5. The minimum atomic E-state index is -0.731. The summed E-state index contributed by atoms with van der Waals surface area (Å²) in [4.78, 5) is 21.9. The van der Waals surface area contributed by atoms with Gasteiger partial charge in [-0.25, -0.2) is 0 Å². The largest absolute Gasteiger partial charge is 0.481 e. The van der Waals surface area contributed by atoms with Crippen LogP contribution in [0.1, 0.15) is 58.3 Å². The fraction of sp³-hybridized carbons (Fsp3) is 0.667. The van der Waals surface area contributed by atoms with Crippen molar-refractivity contribution in [1.82, 2.24) is 0 Å². The summed E-state index contributed by atoms with van der Waals surface area (Å²) in [6.45, 7) is 2.01. The SMILES string of the molecule is CC[C@H]1C(=O)C=C[C@H]1/C=C/[C@@H](O)CCCCCCCC(=O)O. The molecular weight excluding hydrogens is 280 g/mol. The van der Waals surface area contributed by atoms with Gasteiger partial charge in [0.2, 0.25) is 0 Å². The van der Waals surface area contributed by atoms with Gasteiger partial charge in [-0.05, 0) is 25.3 Å². The van der Waals surface area contributed by atoms with Gasteiger partial charge < -0.3 is 10.2 Å². The van der Waals surface area contributed by atoms with E-state index in [0.29, 0.717) is 0 Å². The maximum absolute atomic E-state index is 11.6. The molecule has 124 valence electrons. The molecule has 0 unspecified atom stereocenters. The lowest BCUT2D eigenvalue weighted by atomic mass is 9.91. The van der Waals surface area contributed by atoms with Crippen LogP contribution >= 0.6 is 0 Å². The molecule has 0 aliphatic heterocycles. The minimum absolute atomic E-state index is 0.0395. The summed E-state index contributed by atoms with van der Waals surface area (Å²) in [6.07, 6.45) is 13.3. The third-order valence-electron chi connectivity index (χ3n) is 4.20. The number of hydrogen-bond donors (Lipinski definition) is 2. The average Bonchev–Trinajstić information content (AvgIpc) is 2.83. The van der Waals surface area contributed by atoms with Crippen molar-refractivity contribution >= 4 is 11.8 Å². The van der Waals surface area contributed by atoms with E-state index in [2.05, 4.69) is 0 Å². The molecule has 4 nitrogen and oxygen atoms in total. The quantitative estimate of drug-likeness (QED) is 0.452. The standard InChI is InChI=1S/C18H28O4/c1-2-16-14(11-13-17(16)20)10-12-15(19)8-6-4-3-5-7-9-18(21)22/h10-16,19H,2-9H2,1H3,(H,21,22)/b12-10+/t14-,15+,16-/m1/s1. The van der Waals surface area contributed by atoms with E-state index in [1.807, 2.05) is 19.1 Å². The van der Waals surface area contributed by atoms with E-state index < -0.39 is 12.1 Å². The van der Waals surface area contributed by atoms with Crippen LogP contribution in [0.25, 0.3) is 0 Å². The lowest BCUT2D eigenvalue weighted by Crippen LogP contribution is -2.13. The van der Waals surface area contributed by atoms with Crippen LogP contribution in [-0.2, 0) is 9.59 Å². The summed E-state index contributed by atoms with van der Waals surface area (Å²) in [5.41, 5.74) is 0. The molecule has 22 heavy (non-hydrogen) atoms. The van der Waals surface area contributed by atoms with Gasteiger partial charge in [0, 0.05) is 18.3 Å². The zero-order valence-corrected chi connectivity index (χ0v) is 13.4. The molecule has 0 heterocycles. The number of carboxylic acids is 1. The number of unbranched alkanes of at least 4 members (excludes halogenated alkanes) is 4. The van der Waals surface area contributed by atoms with E-state index in [9.17, 15) is 14.7 Å². The summed E-state index contributed by atoms with van der Waals surface area (Å²) in [5.74, 6) is -0.376. The van der Waals surface area contributed by atoms with Crippen LogP contribution in [0.3, 0.4) is 0 Å². The number of aliphatic hydroxyl groups excluding tert-OH is 1. The third-order valence-corrected chi connectivity index (χ3v) is 4.20. The molecule has 3 atom stereocenters. The highest BCUT2D eigenvalue weighted by Crippen LogP contribution is 2.26. The zero-order valence-electron chi connectivity index (χ0n) is 13.4. The van der Waals surface area contributed by atoms with Gasteiger partial charge in [-0.3, -0.25) is 9.59 Å². The summed E-state index contributed by atoms with van der Waals surface area (Å²) < 4.78 is 0. The predicted octanol–water partition coefficient (Wildman–Crippen LogP) is 3.50. The van der Waals surface area contributed by atoms with Crippen LogP contribution < -0.4 is 0 Å². The number of aliphatic carboxylic acids is 1. The molecule has 2 N–H and O–H groups in total. The number of aliphatic hydroxyl groups is 1. The Labute approximate surface area is 132 Å². The first kappa shape index (κ1) is 18.6. The number of carbonyl (C=O) groups is 2. The Kier molecular flexibility index (Phi) is 8.75. The molecular formula is C18H28O4. The van der Waals surface area contributed by atoms with Gasteiger partial charge in [0.15, 0.2) is 5.78 Å². The predicted molar refractivity (Wildman–Crippen MR) is 86.5 cm³/mol. The van der Waals surface area contributed by atoms with Crippen LogP contribution in [0.15, 0.2) is 24.3 Å². The van der Waals surface area contributed by atoms with Gasteiger partial charge >= 0.3 is 5.97 Å². The molecule has 0 saturated carbocycles. The molecule has 0 fully saturated rings. The molecule has 0 spiro atoms. The van der Waals surface area contributed by atoms with Gasteiger partial charge in [-0.15, -0.1) is 0 Å². The van der Waals surface area contributed by atoms with Crippen molar-refractivity contribution in [2.45, 2.75) is 64.4 Å². The average molecular weight is 308 g/mol. The van der Waals surface area contributed by atoms with Gasteiger partial charge in [0.1, 0.15) is 0 Å². The monoisotopic (exact) mass is 308 g/mol. The normalized spacial score (nSPS) is 22.5. The third kappa shape index (κ3) is 7.03. The van der Waals surface area contributed by atoms with E-state index >= 15 is 0 Å². The summed E-state index contributed by atoms with van der Waals surface area (Å²) in [6, 6.07) is 0. The fourth-order valence-electron chi connectivity index (χ4n) is 2.84. The molecule has 1 aliphatic rings. The molecule has 4 heteroatoms. The lowest BCUT2D eigenvalue weighted by Gasteiger charge is -2.13. The Morgan fingerprint density at radius 1 is 1.27 bits per heavy atom. The van der Waals surface area contributed by atoms with Gasteiger partial charge in [0.25, 0.3) is 0 Å². The van der Waals surface area contributed by atoms with E-state index in [1.54, 1.807) is 12.2 Å². The highest BCUT2D eigenvalue weighted by molar-refractivity contribution is 5.94. The molecule has 0 bridgehead atoms. The van der Waals surface area contributed by atoms with E-state index in [0.717, 1.165) is 44.9 Å². The number of allylic oxidation sites excluding steroid dienone is 3. The van der Waals surface area contributed by atoms with Crippen LogP contribution in [0, 0.1) is 11.8 Å². The van der Waals surface area contributed by atoms with E-state index in [4.69, 9.17) is 5.11 Å². The molecule has 0 aromatic rings. The minimum Gasteiger partial charge on any atom is -0.481 e. The van der Waals surface area contributed by atoms with Gasteiger partial charge in [0.05, 0.1) is 6.10 Å². The van der Waals surface area contributed by atoms with Crippen LogP contribution in [-0.4, -0.2) is 28.1 Å². The number of carboxylic acid groups (broad SMARTS) is 1. The second-order valence-electron chi connectivity index (χ2n) is 6.01. The van der Waals surface area contributed by atoms with Crippen LogP contribution in [0.5, 0.6) is 0 Å². The number of ketones is 1. The second kappa shape index (κ2) is 10.3. The van der Waals surface area contributed by atoms with Crippen molar-refractivity contribution in [3.05, 3.63) is 24.3 Å². The van der Waals surface area contributed by atoms with E-state index in [1.165, 1.54) is 0 Å². The first-order valence-corrected chi connectivity index (χ1v) is 8.34. The molecule has 0 aromatic carbocycles. The van der Waals surface area contributed by atoms with Crippen molar-refractivity contribution in [3.63, 3.8) is 0 Å². The molecule has 1 rings (SSSR count). The lowest BCUT2D eigenvalue weighted by molar-refractivity contribution is -0.137. The van der Waals surface area contributed by atoms with Crippen molar-refractivity contribution in [1.29, 1.82) is 0 Å². The Morgan fingerprint density at radius 2 is 1.95 bits per heavy atom. The topological polar surface area (TPSA) is 74.6 Å². The number of hydrogen-bond acceptors (Lipinski definition) is 3. The van der Waals surface area contributed by atoms with Crippen molar-refractivity contribution < 1.29 is 19.8 Å². The first-order valence-electron chi connectivity index (χ1n) is 8.34. The van der Waals surface area contributed by atoms with Crippen LogP contribution in [0.4, 0.5) is 0 Å². The molecule has 0 radical (unpaired) electrons. The maximum atomic E-state index is 11.6. The summed E-state index contributed by atoms with van der Waals surface area (Å²) in [7, 11) is 0. The fourth-order valence-corrected chi connectivity index (χ4v) is 2.84. The Bertz CT molecular complexity index is 411. The van der Waals surface area contributed by atoms with Crippen molar-refractivity contribution in [2.75, 3.05) is 0 Å². The summed E-state index contributed by atoms with van der Waals surface area (Å²) >= 11 is 0. The number of carbonyl (C=O) groups excluding carboxylic acids is 1. The zero-order chi connectivity index (χ0) is 16.4. The Morgan fingerprint density at radius 3 is 2.64 bits per heavy atom. The van der Waals surface area contributed by atoms with Gasteiger partial charge in [-0.2, -0.15) is 0 Å². The highest BCUT2D eigenvalue weighted by atomic mass is 16.4. The van der Waals surface area contributed by atoms with Crippen molar-refractivity contribution in [2.24, 2.45) is 11.8 Å². The Balaban J connectivity index is 2.12.